The maximum atomic E-state index is 13.9. The summed E-state index contributed by atoms with van der Waals surface area (Å²) in [4.78, 5) is 27.5. The molecule has 3 aromatic heterocycles. The van der Waals surface area contributed by atoms with E-state index >= 15 is 0 Å². The fourth-order valence-corrected chi connectivity index (χ4v) is 5.29. The summed E-state index contributed by atoms with van der Waals surface area (Å²) in [6, 6.07) is 16.9. The molecule has 0 spiro atoms. The number of fused-ring (bicyclic) bond motifs is 1. The number of imidazole rings is 1. The average Bonchev–Trinajstić information content (AvgIpc) is 3.56. The van der Waals surface area contributed by atoms with E-state index < -0.39 is 0 Å². The minimum absolute atomic E-state index is 0.0905. The van der Waals surface area contributed by atoms with Gasteiger partial charge in [0.1, 0.15) is 23.1 Å². The lowest BCUT2D eigenvalue weighted by molar-refractivity contribution is -0.129. The van der Waals surface area contributed by atoms with Gasteiger partial charge in [-0.15, -0.1) is 5.10 Å². The summed E-state index contributed by atoms with van der Waals surface area (Å²) in [5.41, 5.74) is 3.33. The Bertz CT molecular complexity index is 1410. The Morgan fingerprint density at radius 1 is 0.972 bits per heavy atom. The van der Waals surface area contributed by atoms with Gasteiger partial charge in [-0.05, 0) is 54.8 Å². The number of hydrogen-bond donors (Lipinski definition) is 0. The number of rotatable bonds is 4. The van der Waals surface area contributed by atoms with Crippen LogP contribution in [0.2, 0.25) is 0 Å². The van der Waals surface area contributed by atoms with Crippen LogP contribution in [0.1, 0.15) is 31.4 Å². The van der Waals surface area contributed by atoms with Gasteiger partial charge in [0.05, 0.1) is 17.9 Å². The van der Waals surface area contributed by atoms with Crippen LogP contribution in [-0.4, -0.2) is 63.1 Å². The number of hydrogen-bond acceptors (Lipinski definition) is 6. The summed E-state index contributed by atoms with van der Waals surface area (Å²) >= 11 is 0. The van der Waals surface area contributed by atoms with Crippen molar-refractivity contribution < 1.29 is 9.18 Å². The molecule has 8 nitrogen and oxygen atoms in total. The Morgan fingerprint density at radius 3 is 2.61 bits per heavy atom. The second-order valence-electron chi connectivity index (χ2n) is 9.39. The van der Waals surface area contributed by atoms with Crippen molar-refractivity contribution >= 4 is 23.2 Å². The monoisotopic (exact) mass is 485 g/mol. The number of pyridine rings is 1. The van der Waals surface area contributed by atoms with Crippen LogP contribution in [0.5, 0.6) is 0 Å². The smallest absolute Gasteiger partial charge is 0.219 e. The zero-order chi connectivity index (χ0) is 24.6. The second-order valence-corrected chi connectivity index (χ2v) is 9.39. The summed E-state index contributed by atoms with van der Waals surface area (Å²) in [6.07, 6.45) is 3.79. The molecule has 1 amide bonds. The first-order valence-corrected chi connectivity index (χ1v) is 12.4. The molecule has 4 aromatic rings. The highest BCUT2D eigenvalue weighted by molar-refractivity contribution is 5.73. The number of amides is 1. The van der Waals surface area contributed by atoms with Crippen LogP contribution in [0.25, 0.3) is 17.0 Å². The maximum absolute atomic E-state index is 13.9. The Morgan fingerprint density at radius 2 is 1.81 bits per heavy atom. The quantitative estimate of drug-likeness (QED) is 0.436. The number of benzene rings is 1. The van der Waals surface area contributed by atoms with Crippen molar-refractivity contribution in [2.45, 2.75) is 25.8 Å². The summed E-state index contributed by atoms with van der Waals surface area (Å²) < 4.78 is 15.7. The van der Waals surface area contributed by atoms with E-state index in [4.69, 9.17) is 10.1 Å². The highest BCUT2D eigenvalue weighted by Gasteiger charge is 2.28. The molecule has 2 aliphatic heterocycles. The van der Waals surface area contributed by atoms with Gasteiger partial charge in [-0.1, -0.05) is 18.2 Å². The number of piperazine rings is 1. The number of aromatic nitrogens is 4. The van der Waals surface area contributed by atoms with Crippen molar-refractivity contribution in [3.8, 4) is 11.4 Å². The van der Waals surface area contributed by atoms with E-state index in [2.05, 4.69) is 14.8 Å². The number of anilines is 2. The van der Waals surface area contributed by atoms with Gasteiger partial charge >= 0.3 is 0 Å². The molecular formula is C27H28FN7O. The van der Waals surface area contributed by atoms with Crippen LogP contribution < -0.4 is 9.80 Å². The maximum Gasteiger partial charge on any atom is 0.219 e. The molecule has 0 unspecified atom stereocenters. The molecule has 0 radical (unpaired) electrons. The zero-order valence-corrected chi connectivity index (χ0v) is 20.2. The first kappa shape index (κ1) is 22.5. The lowest BCUT2D eigenvalue weighted by Crippen LogP contribution is -2.48. The van der Waals surface area contributed by atoms with E-state index in [1.165, 1.54) is 6.07 Å². The molecule has 0 N–H and O–H groups in total. The molecule has 2 aliphatic rings. The Kier molecular flexibility index (Phi) is 5.75. The highest BCUT2D eigenvalue weighted by Crippen LogP contribution is 2.35. The third-order valence-electron chi connectivity index (χ3n) is 7.17. The van der Waals surface area contributed by atoms with E-state index in [-0.39, 0.29) is 17.8 Å². The first-order chi connectivity index (χ1) is 17.6. The number of carbonyl (C=O) groups excluding carboxylic acids is 1. The Hall–Kier alpha value is -4.01. The molecule has 1 aromatic carbocycles. The molecule has 0 saturated carbocycles. The van der Waals surface area contributed by atoms with Gasteiger partial charge in [0.25, 0.3) is 0 Å². The van der Waals surface area contributed by atoms with Gasteiger partial charge in [0, 0.05) is 39.6 Å². The minimum Gasteiger partial charge on any atom is -0.353 e. The minimum atomic E-state index is -0.215. The number of halogens is 1. The van der Waals surface area contributed by atoms with Crippen LogP contribution in [-0.2, 0) is 4.79 Å². The first-order valence-electron chi connectivity index (χ1n) is 12.4. The lowest BCUT2D eigenvalue weighted by atomic mass is 10.0. The molecule has 36 heavy (non-hydrogen) atoms. The molecule has 2 saturated heterocycles. The van der Waals surface area contributed by atoms with Gasteiger partial charge in [-0.2, -0.15) is 0 Å². The Labute approximate surface area is 209 Å². The molecule has 184 valence electrons. The van der Waals surface area contributed by atoms with Crippen LogP contribution in [0.15, 0.2) is 60.8 Å². The van der Waals surface area contributed by atoms with Crippen molar-refractivity contribution in [1.82, 2.24) is 24.5 Å². The summed E-state index contributed by atoms with van der Waals surface area (Å²) in [6.45, 7) is 5.38. The molecule has 9 heteroatoms. The average molecular weight is 486 g/mol. The van der Waals surface area contributed by atoms with Crippen molar-refractivity contribution in [3.05, 3.63) is 72.2 Å². The lowest BCUT2D eigenvalue weighted by Gasteiger charge is -2.35. The summed E-state index contributed by atoms with van der Waals surface area (Å²) in [7, 11) is 0. The van der Waals surface area contributed by atoms with Gasteiger partial charge in [-0.3, -0.25) is 4.79 Å². The summed E-state index contributed by atoms with van der Waals surface area (Å²) in [5, 5.41) is 4.95. The SMILES string of the molecule is CC(=O)N1CCN(c2cccc(-c3cnc4ccc(N5CCC[C@@H]5c5cccc(F)c5)nn34)n2)CC1. The predicted octanol–water partition coefficient (Wildman–Crippen LogP) is 3.94. The molecule has 6 rings (SSSR count). The van der Waals surface area contributed by atoms with Gasteiger partial charge in [0.15, 0.2) is 5.65 Å². The van der Waals surface area contributed by atoms with E-state index in [0.717, 1.165) is 66.7 Å². The van der Waals surface area contributed by atoms with Crippen LogP contribution in [0.3, 0.4) is 0 Å². The van der Waals surface area contributed by atoms with E-state index in [1.54, 1.807) is 25.3 Å². The van der Waals surface area contributed by atoms with Gasteiger partial charge in [-0.25, -0.2) is 18.9 Å². The fourth-order valence-electron chi connectivity index (χ4n) is 5.29. The van der Waals surface area contributed by atoms with Crippen molar-refractivity contribution in [2.24, 2.45) is 0 Å². The molecular weight excluding hydrogens is 457 g/mol. The van der Waals surface area contributed by atoms with E-state index in [0.29, 0.717) is 13.1 Å². The van der Waals surface area contributed by atoms with E-state index in [9.17, 15) is 9.18 Å². The normalized spacial score (nSPS) is 18.3. The molecule has 5 heterocycles. The largest absolute Gasteiger partial charge is 0.353 e. The highest BCUT2D eigenvalue weighted by atomic mass is 19.1. The number of carbonyl (C=O) groups is 1. The van der Waals surface area contributed by atoms with Crippen LogP contribution in [0, 0.1) is 5.82 Å². The van der Waals surface area contributed by atoms with Crippen molar-refractivity contribution in [3.63, 3.8) is 0 Å². The molecule has 0 aliphatic carbocycles. The third-order valence-corrected chi connectivity index (χ3v) is 7.17. The number of nitrogens with zero attached hydrogens (tertiary/aromatic N) is 7. The second kappa shape index (κ2) is 9.22. The third kappa shape index (κ3) is 4.14. The van der Waals surface area contributed by atoms with Crippen LogP contribution >= 0.6 is 0 Å². The fraction of sp³-hybridized carbons (Fsp3) is 0.333. The van der Waals surface area contributed by atoms with Gasteiger partial charge in [0.2, 0.25) is 5.91 Å². The predicted molar refractivity (Wildman–Crippen MR) is 136 cm³/mol. The standard InChI is InChI=1S/C27H28FN7O/c1-19(36)32-13-15-33(16-14-32)26-9-3-7-22(30-26)24-18-29-25-10-11-27(31-35(24)25)34-12-4-8-23(34)20-5-2-6-21(28)17-20/h2-3,5-7,9-11,17-18,23H,4,8,12-16H2,1H3/t23-/m1/s1. The topological polar surface area (TPSA) is 69.9 Å². The summed E-state index contributed by atoms with van der Waals surface area (Å²) in [5.74, 6) is 1.62. The van der Waals surface area contributed by atoms with Crippen LogP contribution in [0.4, 0.5) is 16.0 Å². The van der Waals surface area contributed by atoms with E-state index in [1.807, 2.05) is 45.8 Å². The molecule has 2 fully saturated rings. The molecule has 1 atom stereocenters. The van der Waals surface area contributed by atoms with Crippen molar-refractivity contribution in [1.29, 1.82) is 0 Å². The Balaban J connectivity index is 1.30. The van der Waals surface area contributed by atoms with Crippen molar-refractivity contribution in [2.75, 3.05) is 42.5 Å². The zero-order valence-electron chi connectivity index (χ0n) is 20.2. The molecule has 0 bridgehead atoms. The van der Waals surface area contributed by atoms with Gasteiger partial charge < -0.3 is 14.7 Å².